The van der Waals surface area contributed by atoms with Gasteiger partial charge in [-0.15, -0.1) is 0 Å². The zero-order valence-corrected chi connectivity index (χ0v) is 10.0. The van der Waals surface area contributed by atoms with Crippen LogP contribution in [0.3, 0.4) is 0 Å². The van der Waals surface area contributed by atoms with Crippen molar-refractivity contribution in [2.24, 2.45) is 0 Å². The van der Waals surface area contributed by atoms with E-state index >= 15 is 0 Å². The Labute approximate surface area is 106 Å². The Bertz CT molecular complexity index is 411. The minimum atomic E-state index is -0.0916. The number of aldehydes is 1. The highest BCUT2D eigenvalue weighted by Crippen LogP contribution is 2.10. The summed E-state index contributed by atoms with van der Waals surface area (Å²) in [5.74, 6) is 0.595. The molecule has 1 aliphatic rings. The molecule has 18 heavy (non-hydrogen) atoms. The second-order valence-corrected chi connectivity index (χ2v) is 4.17. The lowest BCUT2D eigenvalue weighted by Gasteiger charge is -2.12. The quantitative estimate of drug-likeness (QED) is 0.594. The number of nitrogens with one attached hydrogen (secondary N) is 2. The van der Waals surface area contributed by atoms with Crippen molar-refractivity contribution in [1.82, 2.24) is 10.6 Å². The van der Waals surface area contributed by atoms with Crippen LogP contribution in [-0.4, -0.2) is 31.5 Å². The largest absolute Gasteiger partial charge is 0.473 e. The molecule has 0 aliphatic carbocycles. The molecule has 1 saturated heterocycles. The fourth-order valence-electron chi connectivity index (χ4n) is 1.86. The van der Waals surface area contributed by atoms with Crippen molar-refractivity contribution >= 4 is 12.2 Å². The van der Waals surface area contributed by atoms with Gasteiger partial charge < -0.3 is 15.4 Å². The predicted molar refractivity (Wildman–Crippen MR) is 66.5 cm³/mol. The van der Waals surface area contributed by atoms with E-state index in [1.807, 2.05) is 0 Å². The van der Waals surface area contributed by atoms with Crippen LogP contribution in [0.5, 0.6) is 5.75 Å². The van der Waals surface area contributed by atoms with Crippen molar-refractivity contribution in [3.05, 3.63) is 29.8 Å². The van der Waals surface area contributed by atoms with E-state index in [-0.39, 0.29) is 18.7 Å². The van der Waals surface area contributed by atoms with Crippen LogP contribution in [0.25, 0.3) is 0 Å². The van der Waals surface area contributed by atoms with Crippen LogP contribution in [0.4, 0.5) is 0 Å². The highest BCUT2D eigenvalue weighted by atomic mass is 16.5. The molecule has 0 radical (unpaired) electrons. The summed E-state index contributed by atoms with van der Waals surface area (Å²) < 4.78 is 5.36. The van der Waals surface area contributed by atoms with Gasteiger partial charge in [-0.1, -0.05) is 0 Å². The van der Waals surface area contributed by atoms with Crippen LogP contribution in [-0.2, 0) is 4.79 Å². The fourth-order valence-corrected chi connectivity index (χ4v) is 1.86. The van der Waals surface area contributed by atoms with Gasteiger partial charge >= 0.3 is 0 Å². The number of carbonyl (C=O) groups is 2. The van der Waals surface area contributed by atoms with Crippen molar-refractivity contribution in [2.45, 2.75) is 18.9 Å². The molecular formula is C13H16N2O3. The first-order valence-electron chi connectivity index (χ1n) is 5.99. The molecule has 0 bridgehead atoms. The van der Waals surface area contributed by atoms with Crippen molar-refractivity contribution in [2.75, 3.05) is 13.3 Å². The number of benzene rings is 1. The number of carbonyl (C=O) groups excluding carboxylic acids is 2. The molecule has 96 valence electrons. The summed E-state index contributed by atoms with van der Waals surface area (Å²) in [5, 5.41) is 5.82. The Hall–Kier alpha value is -1.88. The third kappa shape index (κ3) is 3.30. The molecule has 1 atom stereocenters. The first kappa shape index (κ1) is 12.6. The van der Waals surface area contributed by atoms with Gasteiger partial charge in [0.25, 0.3) is 0 Å². The first-order valence-corrected chi connectivity index (χ1v) is 5.99. The molecule has 2 N–H and O–H groups in total. The van der Waals surface area contributed by atoms with Gasteiger partial charge in [-0.05, 0) is 43.7 Å². The van der Waals surface area contributed by atoms with Gasteiger partial charge in [-0.25, -0.2) is 0 Å². The molecule has 1 aromatic carbocycles. The second-order valence-electron chi connectivity index (χ2n) is 4.17. The lowest BCUT2D eigenvalue weighted by atomic mass is 10.2. The Kier molecular flexibility index (Phi) is 4.30. The predicted octanol–water partition coefficient (Wildman–Crippen LogP) is 0.704. The van der Waals surface area contributed by atoms with Crippen molar-refractivity contribution in [1.29, 1.82) is 0 Å². The molecular weight excluding hydrogens is 232 g/mol. The lowest BCUT2D eigenvalue weighted by Crippen LogP contribution is -2.41. The van der Waals surface area contributed by atoms with Crippen LogP contribution in [0, 0.1) is 0 Å². The average molecular weight is 248 g/mol. The summed E-state index contributed by atoms with van der Waals surface area (Å²) >= 11 is 0. The highest BCUT2D eigenvalue weighted by molar-refractivity contribution is 5.81. The number of rotatable bonds is 5. The van der Waals surface area contributed by atoms with Crippen molar-refractivity contribution in [3.63, 3.8) is 0 Å². The summed E-state index contributed by atoms with van der Waals surface area (Å²) in [6.45, 7) is 1.03. The maximum absolute atomic E-state index is 11.6. The summed E-state index contributed by atoms with van der Waals surface area (Å²) in [6.07, 6.45) is 2.68. The molecule has 1 heterocycles. The zero-order chi connectivity index (χ0) is 12.8. The molecule has 5 nitrogen and oxygen atoms in total. The molecule has 1 aromatic rings. The third-order valence-corrected chi connectivity index (χ3v) is 2.88. The second kappa shape index (κ2) is 6.16. The summed E-state index contributed by atoms with van der Waals surface area (Å²) in [4.78, 5) is 22.1. The van der Waals surface area contributed by atoms with Crippen LogP contribution in [0.1, 0.15) is 23.2 Å². The monoisotopic (exact) mass is 248 g/mol. The molecule has 0 saturated carbocycles. The Morgan fingerprint density at radius 2 is 2.22 bits per heavy atom. The highest BCUT2D eigenvalue weighted by Gasteiger charge is 2.21. The number of hydrogen-bond acceptors (Lipinski definition) is 4. The smallest absolute Gasteiger partial charge is 0.239 e. The topological polar surface area (TPSA) is 67.4 Å². The third-order valence-electron chi connectivity index (χ3n) is 2.88. The summed E-state index contributed by atoms with van der Waals surface area (Å²) in [6, 6.07) is 6.64. The van der Waals surface area contributed by atoms with Crippen LogP contribution < -0.4 is 15.4 Å². The van der Waals surface area contributed by atoms with Gasteiger partial charge in [0, 0.05) is 5.56 Å². The van der Waals surface area contributed by atoms with Crippen molar-refractivity contribution < 1.29 is 14.3 Å². The maximum Gasteiger partial charge on any atom is 0.239 e. The van der Waals surface area contributed by atoms with Gasteiger partial charge in [0.1, 0.15) is 12.0 Å². The zero-order valence-electron chi connectivity index (χ0n) is 10.0. The minimum absolute atomic E-state index is 0.0305. The van der Waals surface area contributed by atoms with Gasteiger partial charge in [0.15, 0.2) is 6.73 Å². The molecule has 1 amide bonds. The Morgan fingerprint density at radius 3 is 2.83 bits per heavy atom. The van der Waals surface area contributed by atoms with Gasteiger partial charge in [0.2, 0.25) is 5.91 Å². The Balaban J connectivity index is 1.73. The van der Waals surface area contributed by atoms with Crippen LogP contribution in [0.2, 0.25) is 0 Å². The number of amides is 1. The Morgan fingerprint density at radius 1 is 1.44 bits per heavy atom. The van der Waals surface area contributed by atoms with E-state index in [1.165, 1.54) is 0 Å². The van der Waals surface area contributed by atoms with E-state index in [0.29, 0.717) is 11.3 Å². The first-order chi connectivity index (χ1) is 8.79. The van der Waals surface area contributed by atoms with Gasteiger partial charge in [0.05, 0.1) is 6.04 Å². The molecule has 2 rings (SSSR count). The van der Waals surface area contributed by atoms with Crippen LogP contribution >= 0.6 is 0 Å². The van der Waals surface area contributed by atoms with Crippen molar-refractivity contribution in [3.8, 4) is 5.75 Å². The molecule has 1 aliphatic heterocycles. The fraction of sp³-hybridized carbons (Fsp3) is 0.385. The van der Waals surface area contributed by atoms with E-state index in [4.69, 9.17) is 4.74 Å². The van der Waals surface area contributed by atoms with E-state index in [9.17, 15) is 9.59 Å². The maximum atomic E-state index is 11.6. The van der Waals surface area contributed by atoms with Gasteiger partial charge in [-0.2, -0.15) is 0 Å². The normalized spacial score (nSPS) is 18.3. The minimum Gasteiger partial charge on any atom is -0.473 e. The molecule has 5 heteroatoms. The van der Waals surface area contributed by atoms with E-state index < -0.39 is 0 Å². The molecule has 0 aromatic heterocycles. The number of ether oxygens (including phenoxy) is 1. The average Bonchev–Trinajstić information content (AvgIpc) is 2.93. The number of hydrogen-bond donors (Lipinski definition) is 2. The SMILES string of the molecule is O=Cc1ccc(OCNC(=O)[C@@H]2CCCN2)cc1. The summed E-state index contributed by atoms with van der Waals surface area (Å²) in [5.41, 5.74) is 0.599. The van der Waals surface area contributed by atoms with E-state index in [2.05, 4.69) is 10.6 Å². The van der Waals surface area contributed by atoms with Crippen LogP contribution in [0.15, 0.2) is 24.3 Å². The molecule has 0 unspecified atom stereocenters. The summed E-state index contributed by atoms with van der Waals surface area (Å²) in [7, 11) is 0. The van der Waals surface area contributed by atoms with E-state index in [0.717, 1.165) is 25.7 Å². The van der Waals surface area contributed by atoms with Gasteiger partial charge in [-0.3, -0.25) is 9.59 Å². The standard InChI is InChI=1S/C13H16N2O3/c16-8-10-3-5-11(6-4-10)18-9-15-13(17)12-2-1-7-14-12/h3-6,8,12,14H,1-2,7,9H2,(H,15,17)/t12-/m0/s1. The lowest BCUT2D eigenvalue weighted by molar-refractivity contribution is -0.123. The van der Waals surface area contributed by atoms with E-state index in [1.54, 1.807) is 24.3 Å². The molecule has 0 spiro atoms. The molecule has 1 fully saturated rings.